The number of hydrogen-bond acceptors (Lipinski definition) is 7. The number of fused-ring (bicyclic) bond motifs is 2. The van der Waals surface area contributed by atoms with Gasteiger partial charge in [-0.05, 0) is 43.1 Å². The number of nitrogens with one attached hydrogen (secondary N) is 1. The standard InChI is InChI=1S/C35H54ClFN6O3Si2/c1-24(2)35(3,44)27-21-41(16-14-38-27)34-31-26(12-15-42(31)22-45-17-19-47(4,5)6)29(37)30(40-34)28-25-11-10-13-39-33(25)43(32(28)36)23-46-18-20-48(7,8)9/h10-13,15,24,27,38,44H,14,16-23H2,1-9H3/t27-,35+/m0/s1. The van der Waals surface area contributed by atoms with E-state index in [4.69, 9.17) is 26.1 Å². The Labute approximate surface area is 291 Å². The highest BCUT2D eigenvalue weighted by Gasteiger charge is 2.39. The van der Waals surface area contributed by atoms with Gasteiger partial charge in [0.2, 0.25) is 0 Å². The molecule has 0 spiro atoms. The first-order valence-electron chi connectivity index (χ1n) is 17.2. The number of nitrogens with zero attached hydrogens (tertiary/aromatic N) is 5. The van der Waals surface area contributed by atoms with Crippen molar-refractivity contribution in [1.29, 1.82) is 0 Å². The molecule has 0 aliphatic carbocycles. The Morgan fingerprint density at radius 1 is 1.06 bits per heavy atom. The number of anilines is 1. The van der Waals surface area contributed by atoms with E-state index >= 15 is 4.39 Å². The second-order valence-corrected chi connectivity index (χ2v) is 27.7. The van der Waals surface area contributed by atoms with Gasteiger partial charge in [0.1, 0.15) is 30.0 Å². The number of ether oxygens (including phenoxy) is 2. The zero-order chi connectivity index (χ0) is 35.0. The van der Waals surface area contributed by atoms with Crippen LogP contribution in [-0.2, 0) is 22.9 Å². The number of hydrogen-bond donors (Lipinski definition) is 2. The molecule has 1 aliphatic rings. The van der Waals surface area contributed by atoms with Crippen molar-refractivity contribution in [3.63, 3.8) is 0 Å². The van der Waals surface area contributed by atoms with Gasteiger partial charge in [-0.1, -0.05) is 64.7 Å². The lowest BCUT2D eigenvalue weighted by Gasteiger charge is -2.43. The minimum Gasteiger partial charge on any atom is -0.388 e. The maximum atomic E-state index is 16.9. The summed E-state index contributed by atoms with van der Waals surface area (Å²) in [6.45, 7) is 23.4. The van der Waals surface area contributed by atoms with Crippen LogP contribution in [0.3, 0.4) is 0 Å². The summed E-state index contributed by atoms with van der Waals surface area (Å²) in [5.74, 6) is 0.221. The van der Waals surface area contributed by atoms with Crippen LogP contribution in [0.15, 0.2) is 30.6 Å². The van der Waals surface area contributed by atoms with Crippen molar-refractivity contribution in [1.82, 2.24) is 24.4 Å². The molecule has 4 aromatic rings. The van der Waals surface area contributed by atoms with Gasteiger partial charge in [-0.25, -0.2) is 14.4 Å². The zero-order valence-electron chi connectivity index (χ0n) is 30.2. The average Bonchev–Trinajstić information content (AvgIpc) is 3.56. The monoisotopic (exact) mass is 716 g/mol. The van der Waals surface area contributed by atoms with Crippen LogP contribution in [0.4, 0.5) is 10.2 Å². The number of halogens is 2. The van der Waals surface area contributed by atoms with Crippen LogP contribution in [0.1, 0.15) is 20.8 Å². The molecule has 5 rings (SSSR count). The van der Waals surface area contributed by atoms with Crippen LogP contribution in [0.5, 0.6) is 0 Å². The fourth-order valence-electron chi connectivity index (χ4n) is 6.03. The first-order chi connectivity index (χ1) is 22.5. The number of aromatic nitrogens is 4. The fraction of sp³-hybridized carbons (Fsp3) is 0.600. The van der Waals surface area contributed by atoms with E-state index in [1.165, 1.54) is 0 Å². The van der Waals surface area contributed by atoms with Crippen molar-refractivity contribution in [2.24, 2.45) is 5.92 Å². The summed E-state index contributed by atoms with van der Waals surface area (Å²) in [5.41, 5.74) is 0.998. The van der Waals surface area contributed by atoms with Gasteiger partial charge < -0.3 is 29.4 Å². The zero-order valence-corrected chi connectivity index (χ0v) is 32.9. The quantitative estimate of drug-likeness (QED) is 0.102. The lowest BCUT2D eigenvalue weighted by atomic mass is 9.84. The molecular weight excluding hydrogens is 663 g/mol. The Bertz CT molecular complexity index is 1730. The largest absolute Gasteiger partial charge is 0.388 e. The Morgan fingerprint density at radius 2 is 1.73 bits per heavy atom. The highest BCUT2D eigenvalue weighted by atomic mass is 35.5. The molecule has 2 atom stereocenters. The predicted molar refractivity (Wildman–Crippen MR) is 201 cm³/mol. The van der Waals surface area contributed by atoms with Gasteiger partial charge in [-0.2, -0.15) is 0 Å². The highest BCUT2D eigenvalue weighted by molar-refractivity contribution is 6.76. The van der Waals surface area contributed by atoms with E-state index in [1.807, 2.05) is 43.7 Å². The molecule has 9 nitrogen and oxygen atoms in total. The molecule has 0 aromatic carbocycles. The van der Waals surface area contributed by atoms with Crippen LogP contribution in [0.25, 0.3) is 33.2 Å². The van der Waals surface area contributed by atoms with Gasteiger partial charge in [-0.15, -0.1) is 0 Å². The van der Waals surface area contributed by atoms with E-state index in [-0.39, 0.29) is 24.4 Å². The lowest BCUT2D eigenvalue weighted by Crippen LogP contribution is -2.62. The van der Waals surface area contributed by atoms with E-state index in [9.17, 15) is 5.11 Å². The predicted octanol–water partition coefficient (Wildman–Crippen LogP) is 7.66. The molecule has 5 heterocycles. The molecule has 4 aromatic heterocycles. The van der Waals surface area contributed by atoms with Crippen LogP contribution in [0.2, 0.25) is 56.5 Å². The highest BCUT2D eigenvalue weighted by Crippen LogP contribution is 2.42. The van der Waals surface area contributed by atoms with Crippen molar-refractivity contribution in [3.05, 3.63) is 41.6 Å². The Morgan fingerprint density at radius 3 is 2.38 bits per heavy atom. The summed E-state index contributed by atoms with van der Waals surface area (Å²) >= 11 is 7.13. The maximum absolute atomic E-state index is 16.9. The third kappa shape index (κ3) is 8.01. The fourth-order valence-corrected chi connectivity index (χ4v) is 7.86. The number of pyridine rings is 2. The summed E-state index contributed by atoms with van der Waals surface area (Å²) in [5, 5.41) is 16.5. The van der Waals surface area contributed by atoms with Crippen LogP contribution < -0.4 is 10.2 Å². The third-order valence-electron chi connectivity index (χ3n) is 9.62. The molecular formula is C35H54ClFN6O3Si2. The SMILES string of the molecule is CC(C)[C@@](C)(O)[C@@H]1CN(c2nc(-c3c(Cl)n(COCC[Si](C)(C)C)c4ncccc34)c(F)c3ccn(COCC[Si](C)(C)C)c23)CCN1. The van der Waals surface area contributed by atoms with Gasteiger partial charge in [-0.3, -0.25) is 4.57 Å². The molecule has 0 radical (unpaired) electrons. The van der Waals surface area contributed by atoms with E-state index < -0.39 is 27.6 Å². The van der Waals surface area contributed by atoms with Gasteiger partial charge in [0.25, 0.3) is 0 Å². The molecule has 1 saturated heterocycles. The Hall–Kier alpha value is -2.33. The molecule has 1 aliphatic heterocycles. The second-order valence-electron chi connectivity index (χ2n) is 16.1. The molecule has 13 heteroatoms. The van der Waals surface area contributed by atoms with Crippen LogP contribution >= 0.6 is 11.6 Å². The van der Waals surface area contributed by atoms with Gasteiger partial charge in [0, 0.05) is 77.7 Å². The summed E-state index contributed by atoms with van der Waals surface area (Å²) in [4.78, 5) is 11.9. The van der Waals surface area contributed by atoms with Gasteiger partial charge >= 0.3 is 0 Å². The number of rotatable bonds is 14. The number of aliphatic hydroxyl groups is 1. The van der Waals surface area contributed by atoms with Gasteiger partial charge in [0.15, 0.2) is 11.6 Å². The van der Waals surface area contributed by atoms with E-state index in [1.54, 1.807) is 16.8 Å². The van der Waals surface area contributed by atoms with Crippen molar-refractivity contribution >= 4 is 55.5 Å². The van der Waals surface area contributed by atoms with Crippen LogP contribution in [-0.4, -0.2) is 84.8 Å². The molecule has 48 heavy (non-hydrogen) atoms. The van der Waals surface area contributed by atoms with Gasteiger partial charge in [0.05, 0.1) is 17.2 Å². The van der Waals surface area contributed by atoms with E-state index in [0.29, 0.717) is 78.0 Å². The second kappa shape index (κ2) is 14.5. The van der Waals surface area contributed by atoms with Crippen molar-refractivity contribution < 1.29 is 19.0 Å². The molecule has 264 valence electrons. The first-order valence-corrected chi connectivity index (χ1v) is 25.0. The summed E-state index contributed by atoms with van der Waals surface area (Å²) < 4.78 is 32.9. The normalized spacial score (nSPS) is 17.6. The molecule has 0 unspecified atom stereocenters. The lowest BCUT2D eigenvalue weighted by molar-refractivity contribution is -0.0231. The minimum absolute atomic E-state index is 0.0285. The average molecular weight is 717 g/mol. The van der Waals surface area contributed by atoms with Crippen molar-refractivity contribution in [3.8, 4) is 11.3 Å². The Kier molecular flexibility index (Phi) is 11.2. The smallest absolute Gasteiger partial charge is 0.159 e. The summed E-state index contributed by atoms with van der Waals surface area (Å²) in [6.07, 6.45) is 3.59. The van der Waals surface area contributed by atoms with Crippen LogP contribution in [0, 0.1) is 11.7 Å². The van der Waals surface area contributed by atoms with Crippen molar-refractivity contribution in [2.45, 2.75) is 97.2 Å². The molecule has 0 amide bonds. The first kappa shape index (κ1) is 36.9. The molecule has 2 N–H and O–H groups in total. The van der Waals surface area contributed by atoms with Crippen molar-refractivity contribution in [2.75, 3.05) is 37.7 Å². The minimum atomic E-state index is -1.28. The molecule has 0 saturated carbocycles. The third-order valence-corrected chi connectivity index (χ3v) is 13.4. The number of piperazine rings is 1. The molecule has 0 bridgehead atoms. The Balaban J connectivity index is 1.61. The maximum Gasteiger partial charge on any atom is 0.159 e. The molecule has 1 fully saturated rings. The summed E-state index contributed by atoms with van der Waals surface area (Å²) in [7, 11) is -2.56. The van der Waals surface area contributed by atoms with E-state index in [0.717, 1.165) is 12.1 Å². The van der Waals surface area contributed by atoms with E-state index in [2.05, 4.69) is 54.5 Å². The summed E-state index contributed by atoms with van der Waals surface area (Å²) in [6, 6.07) is 7.39. The topological polar surface area (TPSA) is 89.6 Å².